The van der Waals surface area contributed by atoms with Crippen molar-refractivity contribution >= 4 is 29.9 Å². The average Bonchev–Trinajstić information content (AvgIpc) is 3.01. The highest BCUT2D eigenvalue weighted by atomic mass is 35.5. The Labute approximate surface area is 143 Å². The van der Waals surface area contributed by atoms with Gasteiger partial charge in [0.1, 0.15) is 0 Å². The van der Waals surface area contributed by atoms with Crippen LogP contribution >= 0.6 is 24.0 Å². The minimum atomic E-state index is -0.596. The summed E-state index contributed by atoms with van der Waals surface area (Å²) in [6, 6.07) is 7.89. The van der Waals surface area contributed by atoms with Gasteiger partial charge in [-0.1, -0.05) is 29.8 Å². The zero-order chi connectivity index (χ0) is 15.2. The molecule has 1 aromatic carbocycles. The molecule has 1 aliphatic carbocycles. The van der Waals surface area contributed by atoms with Gasteiger partial charge in [0.25, 0.3) is 0 Å². The molecule has 2 fully saturated rings. The van der Waals surface area contributed by atoms with Gasteiger partial charge in [0.05, 0.1) is 5.41 Å². The van der Waals surface area contributed by atoms with Crippen LogP contribution in [0.4, 0.5) is 0 Å². The maximum absolute atomic E-state index is 13.0. The lowest BCUT2D eigenvalue weighted by Crippen LogP contribution is -2.43. The molecule has 3 nitrogen and oxygen atoms in total. The third kappa shape index (κ3) is 2.86. The predicted molar refractivity (Wildman–Crippen MR) is 92.5 cm³/mol. The number of rotatable bonds is 2. The first kappa shape index (κ1) is 17.6. The normalized spacial score (nSPS) is 27.5. The molecular formula is C17H24Cl2N2O. The maximum Gasteiger partial charge on any atom is 0.232 e. The Balaban J connectivity index is 0.00000176. The lowest BCUT2D eigenvalue weighted by atomic mass is 9.83. The molecule has 3 unspecified atom stereocenters. The Kier molecular flexibility index (Phi) is 5.10. The van der Waals surface area contributed by atoms with Crippen LogP contribution in [0.2, 0.25) is 5.02 Å². The Morgan fingerprint density at radius 1 is 1.27 bits per heavy atom. The molecule has 5 heteroatoms. The van der Waals surface area contributed by atoms with Gasteiger partial charge in [0, 0.05) is 24.2 Å². The lowest BCUT2D eigenvalue weighted by molar-refractivity contribution is -0.135. The molecule has 3 atom stereocenters. The summed E-state index contributed by atoms with van der Waals surface area (Å²) in [4.78, 5) is 15.0. The molecule has 2 N–H and O–H groups in total. The number of fused-ring (bicyclic) bond motifs is 1. The van der Waals surface area contributed by atoms with Gasteiger partial charge in [-0.15, -0.1) is 12.4 Å². The van der Waals surface area contributed by atoms with E-state index >= 15 is 0 Å². The summed E-state index contributed by atoms with van der Waals surface area (Å²) < 4.78 is 0. The predicted octanol–water partition coefficient (Wildman–Crippen LogP) is 3.24. The van der Waals surface area contributed by atoms with E-state index in [4.69, 9.17) is 17.3 Å². The van der Waals surface area contributed by atoms with Crippen molar-refractivity contribution in [2.24, 2.45) is 17.6 Å². The second kappa shape index (κ2) is 6.38. The Hall–Kier alpha value is -0.770. The summed E-state index contributed by atoms with van der Waals surface area (Å²) in [6.07, 6.45) is 2.26. The smallest absolute Gasteiger partial charge is 0.232 e. The Morgan fingerprint density at radius 2 is 1.95 bits per heavy atom. The molecule has 1 saturated heterocycles. The minimum absolute atomic E-state index is 0. The van der Waals surface area contributed by atoms with Crippen LogP contribution in [0.5, 0.6) is 0 Å². The van der Waals surface area contributed by atoms with E-state index in [1.54, 1.807) is 0 Å². The molecule has 2 aliphatic rings. The summed E-state index contributed by atoms with van der Waals surface area (Å²) in [5.74, 6) is 1.24. The van der Waals surface area contributed by atoms with Crippen LogP contribution < -0.4 is 5.73 Å². The van der Waals surface area contributed by atoms with Crippen LogP contribution in [-0.4, -0.2) is 29.9 Å². The molecule has 0 spiro atoms. The summed E-state index contributed by atoms with van der Waals surface area (Å²) in [6.45, 7) is 5.58. The molecule has 1 aliphatic heterocycles. The van der Waals surface area contributed by atoms with Gasteiger partial charge < -0.3 is 10.6 Å². The topological polar surface area (TPSA) is 46.3 Å². The number of carbonyl (C=O) groups is 1. The molecule has 1 amide bonds. The van der Waals surface area contributed by atoms with Crippen molar-refractivity contribution in [3.05, 3.63) is 34.9 Å². The molecule has 1 aromatic rings. The van der Waals surface area contributed by atoms with E-state index in [1.807, 2.05) is 43.0 Å². The highest BCUT2D eigenvalue weighted by molar-refractivity contribution is 6.31. The van der Waals surface area contributed by atoms with Gasteiger partial charge in [0.2, 0.25) is 5.91 Å². The number of hydrogen-bond donors (Lipinski definition) is 1. The van der Waals surface area contributed by atoms with Crippen molar-refractivity contribution in [3.63, 3.8) is 0 Å². The van der Waals surface area contributed by atoms with Crippen molar-refractivity contribution < 1.29 is 4.79 Å². The number of benzene rings is 1. The van der Waals surface area contributed by atoms with Gasteiger partial charge in [-0.2, -0.15) is 0 Å². The SMILES string of the molecule is CC(C)(C(=O)N1CC2CCC(N)C2C1)c1ccccc1Cl.Cl. The van der Waals surface area contributed by atoms with Crippen LogP contribution in [-0.2, 0) is 10.2 Å². The number of nitrogens with two attached hydrogens (primary N) is 1. The van der Waals surface area contributed by atoms with Crippen molar-refractivity contribution in [3.8, 4) is 0 Å². The van der Waals surface area contributed by atoms with Crippen LogP contribution in [0.1, 0.15) is 32.3 Å². The number of nitrogens with zero attached hydrogens (tertiary/aromatic N) is 1. The van der Waals surface area contributed by atoms with Crippen molar-refractivity contribution in [1.82, 2.24) is 4.90 Å². The number of hydrogen-bond acceptors (Lipinski definition) is 2. The number of amides is 1. The van der Waals surface area contributed by atoms with Crippen molar-refractivity contribution in [2.45, 2.75) is 38.1 Å². The Morgan fingerprint density at radius 3 is 2.59 bits per heavy atom. The van der Waals surface area contributed by atoms with Crippen LogP contribution in [0, 0.1) is 11.8 Å². The van der Waals surface area contributed by atoms with Crippen LogP contribution in [0.3, 0.4) is 0 Å². The first-order valence-electron chi connectivity index (χ1n) is 7.71. The zero-order valence-electron chi connectivity index (χ0n) is 13.1. The molecule has 0 radical (unpaired) electrons. The van der Waals surface area contributed by atoms with Gasteiger partial charge in [-0.25, -0.2) is 0 Å². The van der Waals surface area contributed by atoms with Gasteiger partial charge >= 0.3 is 0 Å². The lowest BCUT2D eigenvalue weighted by Gasteiger charge is -2.31. The van der Waals surface area contributed by atoms with Crippen molar-refractivity contribution in [2.75, 3.05) is 13.1 Å². The van der Waals surface area contributed by atoms with E-state index in [2.05, 4.69) is 0 Å². The van der Waals surface area contributed by atoms with Crippen molar-refractivity contribution in [1.29, 1.82) is 0 Å². The number of halogens is 2. The number of likely N-dealkylation sites (tertiary alicyclic amines) is 1. The summed E-state index contributed by atoms with van der Waals surface area (Å²) in [7, 11) is 0. The molecule has 1 heterocycles. The van der Waals surface area contributed by atoms with Gasteiger partial charge in [-0.05, 0) is 50.2 Å². The molecule has 22 heavy (non-hydrogen) atoms. The first-order valence-corrected chi connectivity index (χ1v) is 8.09. The fraction of sp³-hybridized carbons (Fsp3) is 0.588. The standard InChI is InChI=1S/C17H23ClN2O.ClH/c1-17(2,13-5-3-4-6-14(13)18)16(21)20-9-11-7-8-15(19)12(11)10-20;/h3-6,11-12,15H,7-10,19H2,1-2H3;1H. The molecule has 0 aromatic heterocycles. The third-order valence-corrected chi connectivity index (χ3v) is 5.61. The molecule has 122 valence electrons. The fourth-order valence-corrected chi connectivity index (χ4v) is 4.32. The van der Waals surface area contributed by atoms with E-state index in [0.717, 1.165) is 31.5 Å². The fourth-order valence-electron chi connectivity index (χ4n) is 3.95. The second-order valence-electron chi connectivity index (χ2n) is 6.98. The second-order valence-corrected chi connectivity index (χ2v) is 7.39. The van der Waals surface area contributed by atoms with E-state index in [1.165, 1.54) is 0 Å². The number of carbonyl (C=O) groups excluding carboxylic acids is 1. The highest BCUT2D eigenvalue weighted by Crippen LogP contribution is 2.40. The van der Waals surface area contributed by atoms with Crippen LogP contribution in [0.25, 0.3) is 0 Å². The largest absolute Gasteiger partial charge is 0.341 e. The zero-order valence-corrected chi connectivity index (χ0v) is 14.7. The molecule has 0 bridgehead atoms. The van der Waals surface area contributed by atoms with E-state index in [9.17, 15) is 4.79 Å². The maximum atomic E-state index is 13.0. The molecule has 3 rings (SSSR count). The van der Waals surface area contributed by atoms with Gasteiger partial charge in [0.15, 0.2) is 0 Å². The molecule has 1 saturated carbocycles. The summed E-state index contributed by atoms with van der Waals surface area (Å²) in [5, 5.41) is 0.659. The molecular weight excluding hydrogens is 319 g/mol. The van der Waals surface area contributed by atoms with E-state index < -0.39 is 5.41 Å². The first-order chi connectivity index (χ1) is 9.91. The van der Waals surface area contributed by atoms with Gasteiger partial charge in [-0.3, -0.25) is 4.79 Å². The Bertz CT molecular complexity index is 561. The monoisotopic (exact) mass is 342 g/mol. The van der Waals surface area contributed by atoms with E-state index in [-0.39, 0.29) is 24.4 Å². The average molecular weight is 343 g/mol. The third-order valence-electron chi connectivity index (χ3n) is 5.28. The highest BCUT2D eigenvalue weighted by Gasteiger charge is 2.45. The quantitative estimate of drug-likeness (QED) is 0.896. The van der Waals surface area contributed by atoms with E-state index in [0.29, 0.717) is 16.9 Å². The summed E-state index contributed by atoms with van der Waals surface area (Å²) in [5.41, 5.74) is 6.47. The van der Waals surface area contributed by atoms with Crippen LogP contribution in [0.15, 0.2) is 24.3 Å². The minimum Gasteiger partial charge on any atom is -0.341 e. The summed E-state index contributed by atoms with van der Waals surface area (Å²) >= 11 is 6.29.